The van der Waals surface area contributed by atoms with Gasteiger partial charge in [0.1, 0.15) is 0 Å². The Morgan fingerprint density at radius 2 is 1.82 bits per heavy atom. The Morgan fingerprint density at radius 3 is 2.64 bits per heavy atom. The van der Waals surface area contributed by atoms with Crippen molar-refractivity contribution in [1.29, 1.82) is 0 Å². The molecule has 1 N–H and O–H groups in total. The highest BCUT2D eigenvalue weighted by atomic mass is 15.3. The monoisotopic (exact) mass is 293 g/mol. The molecule has 1 aliphatic rings. The Morgan fingerprint density at radius 1 is 1.05 bits per heavy atom. The maximum atomic E-state index is 4.63. The van der Waals surface area contributed by atoms with Crippen LogP contribution in [0.2, 0.25) is 0 Å². The predicted molar refractivity (Wildman–Crippen MR) is 94.3 cm³/mol. The van der Waals surface area contributed by atoms with Gasteiger partial charge in [0.15, 0.2) is 5.96 Å². The number of aliphatic imine (C=N–C) groups is 1. The molecule has 2 aromatic carbocycles. The van der Waals surface area contributed by atoms with Crippen LogP contribution in [-0.2, 0) is 0 Å². The predicted octanol–water partition coefficient (Wildman–Crippen LogP) is 4.24. The molecule has 0 spiro atoms. The van der Waals surface area contributed by atoms with Crippen LogP contribution in [-0.4, -0.2) is 30.5 Å². The first-order chi connectivity index (χ1) is 10.9. The molecule has 1 aliphatic heterocycles. The highest BCUT2D eigenvalue weighted by molar-refractivity contribution is 5.98. The summed E-state index contributed by atoms with van der Waals surface area (Å²) in [5.41, 5.74) is 3.56. The minimum Gasteiger partial charge on any atom is -0.341 e. The molecule has 3 nitrogen and oxygen atoms in total. The van der Waals surface area contributed by atoms with Crippen LogP contribution in [0.25, 0.3) is 11.1 Å². The molecule has 2 aromatic rings. The van der Waals surface area contributed by atoms with Crippen molar-refractivity contribution in [3.8, 4) is 11.1 Å². The second kappa shape index (κ2) is 7.12. The maximum Gasteiger partial charge on any atom is 0.198 e. The van der Waals surface area contributed by atoms with E-state index in [-0.39, 0.29) is 0 Å². The quantitative estimate of drug-likeness (QED) is 0.893. The summed E-state index contributed by atoms with van der Waals surface area (Å²) >= 11 is 0. The average molecular weight is 293 g/mol. The third-order valence-corrected chi connectivity index (χ3v) is 3.97. The number of benzene rings is 2. The van der Waals surface area contributed by atoms with Crippen LogP contribution >= 0.6 is 0 Å². The number of nitrogens with one attached hydrogen (secondary N) is 1. The summed E-state index contributed by atoms with van der Waals surface area (Å²) in [6, 6.07) is 18.9. The maximum absolute atomic E-state index is 4.63. The van der Waals surface area contributed by atoms with Crippen molar-refractivity contribution in [3.05, 3.63) is 54.6 Å². The van der Waals surface area contributed by atoms with Gasteiger partial charge in [-0.15, -0.1) is 0 Å². The van der Waals surface area contributed by atoms with Gasteiger partial charge in [0.25, 0.3) is 0 Å². The van der Waals surface area contributed by atoms with Crippen molar-refractivity contribution < 1.29 is 0 Å². The van der Waals surface area contributed by atoms with E-state index in [1.165, 1.54) is 24.0 Å². The zero-order valence-corrected chi connectivity index (χ0v) is 13.1. The second-order valence-corrected chi connectivity index (χ2v) is 5.58. The molecule has 0 unspecified atom stereocenters. The molecule has 0 radical (unpaired) electrons. The number of anilines is 1. The number of unbranched alkanes of at least 4 members (excludes halogenated alkanes) is 1. The third-order valence-electron chi connectivity index (χ3n) is 3.97. The molecule has 1 heterocycles. The number of para-hydroxylation sites is 1. The highest BCUT2D eigenvalue weighted by Crippen LogP contribution is 2.28. The van der Waals surface area contributed by atoms with E-state index in [0.29, 0.717) is 0 Å². The van der Waals surface area contributed by atoms with E-state index >= 15 is 0 Å². The van der Waals surface area contributed by atoms with Crippen molar-refractivity contribution in [2.45, 2.75) is 19.8 Å². The first kappa shape index (κ1) is 14.6. The zero-order chi connectivity index (χ0) is 15.2. The SMILES string of the molecule is CCCCN1CCN=C1Nc1ccccc1-c1ccccc1. The highest BCUT2D eigenvalue weighted by Gasteiger charge is 2.17. The van der Waals surface area contributed by atoms with Crippen LogP contribution in [0.5, 0.6) is 0 Å². The lowest BCUT2D eigenvalue weighted by molar-refractivity contribution is 0.442. The zero-order valence-electron chi connectivity index (χ0n) is 13.1. The number of hydrogen-bond acceptors (Lipinski definition) is 3. The van der Waals surface area contributed by atoms with Gasteiger partial charge in [-0.05, 0) is 18.1 Å². The first-order valence-corrected chi connectivity index (χ1v) is 8.09. The molecule has 0 atom stereocenters. The molecule has 3 rings (SSSR count). The standard InChI is InChI=1S/C19H23N3/c1-2-3-14-22-15-13-20-19(22)21-18-12-8-7-11-17(18)16-9-5-4-6-10-16/h4-12H,2-3,13-15H2,1H3,(H,20,21). The van der Waals surface area contributed by atoms with Gasteiger partial charge in [-0.2, -0.15) is 0 Å². The Balaban J connectivity index is 1.81. The van der Waals surface area contributed by atoms with Gasteiger partial charge in [-0.25, -0.2) is 0 Å². The molecular formula is C19H23N3. The minimum atomic E-state index is 0.888. The van der Waals surface area contributed by atoms with Crippen molar-refractivity contribution in [3.63, 3.8) is 0 Å². The van der Waals surface area contributed by atoms with Crippen LogP contribution < -0.4 is 5.32 Å². The van der Waals surface area contributed by atoms with Gasteiger partial charge < -0.3 is 10.2 Å². The van der Waals surface area contributed by atoms with Crippen LogP contribution in [0.1, 0.15) is 19.8 Å². The van der Waals surface area contributed by atoms with Crippen molar-refractivity contribution >= 4 is 11.6 Å². The Labute approximate surface area is 132 Å². The van der Waals surface area contributed by atoms with Gasteiger partial charge in [0, 0.05) is 24.3 Å². The lowest BCUT2D eigenvalue weighted by Crippen LogP contribution is -2.34. The molecule has 0 aromatic heterocycles. The normalized spacial score (nSPS) is 14.0. The summed E-state index contributed by atoms with van der Waals surface area (Å²) in [4.78, 5) is 6.98. The van der Waals surface area contributed by atoms with E-state index in [1.807, 2.05) is 6.07 Å². The van der Waals surface area contributed by atoms with Crippen molar-refractivity contribution in [2.75, 3.05) is 25.0 Å². The summed E-state index contributed by atoms with van der Waals surface area (Å²) < 4.78 is 0. The van der Waals surface area contributed by atoms with E-state index < -0.39 is 0 Å². The number of rotatable bonds is 5. The topological polar surface area (TPSA) is 27.6 Å². The lowest BCUT2D eigenvalue weighted by atomic mass is 10.0. The molecule has 0 saturated heterocycles. The van der Waals surface area contributed by atoms with E-state index in [1.54, 1.807) is 0 Å². The Kier molecular flexibility index (Phi) is 4.74. The van der Waals surface area contributed by atoms with Gasteiger partial charge in [-0.3, -0.25) is 4.99 Å². The average Bonchev–Trinajstić information content (AvgIpc) is 3.01. The minimum absolute atomic E-state index is 0.888. The van der Waals surface area contributed by atoms with E-state index in [9.17, 15) is 0 Å². The Bertz CT molecular complexity index is 634. The van der Waals surface area contributed by atoms with E-state index in [2.05, 4.69) is 70.7 Å². The molecule has 0 fully saturated rings. The fraction of sp³-hybridized carbons (Fsp3) is 0.316. The van der Waals surface area contributed by atoms with E-state index in [4.69, 9.17) is 0 Å². The van der Waals surface area contributed by atoms with Crippen LogP contribution in [0.15, 0.2) is 59.6 Å². The van der Waals surface area contributed by atoms with Crippen LogP contribution in [0.4, 0.5) is 5.69 Å². The molecular weight excluding hydrogens is 270 g/mol. The smallest absolute Gasteiger partial charge is 0.198 e. The van der Waals surface area contributed by atoms with Crippen molar-refractivity contribution in [1.82, 2.24) is 4.90 Å². The van der Waals surface area contributed by atoms with Gasteiger partial charge in [0.2, 0.25) is 0 Å². The summed E-state index contributed by atoms with van der Waals surface area (Å²) in [6.07, 6.45) is 2.42. The molecule has 114 valence electrons. The first-order valence-electron chi connectivity index (χ1n) is 8.09. The van der Waals surface area contributed by atoms with Gasteiger partial charge in [-0.1, -0.05) is 61.9 Å². The molecule has 0 amide bonds. The Hall–Kier alpha value is -2.29. The molecule has 0 saturated carbocycles. The van der Waals surface area contributed by atoms with Gasteiger partial charge in [0.05, 0.1) is 6.54 Å². The number of hydrogen-bond donors (Lipinski definition) is 1. The summed E-state index contributed by atoms with van der Waals surface area (Å²) in [7, 11) is 0. The second-order valence-electron chi connectivity index (χ2n) is 5.58. The molecule has 0 bridgehead atoms. The summed E-state index contributed by atoms with van der Waals surface area (Å²) in [6.45, 7) is 5.22. The van der Waals surface area contributed by atoms with Crippen LogP contribution in [0.3, 0.4) is 0 Å². The van der Waals surface area contributed by atoms with Crippen molar-refractivity contribution in [2.24, 2.45) is 4.99 Å². The fourth-order valence-electron chi connectivity index (χ4n) is 2.75. The largest absolute Gasteiger partial charge is 0.341 e. The molecule has 3 heteroatoms. The van der Waals surface area contributed by atoms with Crippen LogP contribution in [0, 0.1) is 0 Å². The lowest BCUT2D eigenvalue weighted by Gasteiger charge is -2.22. The fourth-order valence-corrected chi connectivity index (χ4v) is 2.75. The number of guanidine groups is 1. The van der Waals surface area contributed by atoms with E-state index in [0.717, 1.165) is 31.3 Å². The van der Waals surface area contributed by atoms with Gasteiger partial charge >= 0.3 is 0 Å². The molecule has 0 aliphatic carbocycles. The molecule has 22 heavy (non-hydrogen) atoms. The number of nitrogens with zero attached hydrogens (tertiary/aromatic N) is 2. The summed E-state index contributed by atoms with van der Waals surface area (Å²) in [5, 5.41) is 3.54. The summed E-state index contributed by atoms with van der Waals surface area (Å²) in [5.74, 6) is 1.01. The third kappa shape index (κ3) is 3.30.